The molecule has 1 unspecified atom stereocenters. The fourth-order valence-corrected chi connectivity index (χ4v) is 2.95. The number of benzene rings is 2. The standard InChI is InChI=1S/C22H27N3O5/c1-25(14-20(26)23-17-10-7-11-18(13-17)29-2)15-21(27)24-19(22(28)30-3)12-16-8-5-4-6-9-16/h4-11,13,19H,12,14-15H2,1-3H3,(H,23,26)(H,24,27)/p+1/t19-/m1/s1. The van der Waals surface area contributed by atoms with Crippen LogP contribution in [0.25, 0.3) is 0 Å². The van der Waals surface area contributed by atoms with Crippen LogP contribution in [0.1, 0.15) is 5.56 Å². The van der Waals surface area contributed by atoms with Gasteiger partial charge in [0.1, 0.15) is 11.8 Å². The van der Waals surface area contributed by atoms with Crippen molar-refractivity contribution in [2.45, 2.75) is 12.5 Å². The average molecular weight is 414 g/mol. The summed E-state index contributed by atoms with van der Waals surface area (Å²) >= 11 is 0. The van der Waals surface area contributed by atoms with Crippen molar-refractivity contribution in [3.05, 3.63) is 60.2 Å². The van der Waals surface area contributed by atoms with Gasteiger partial charge in [-0.25, -0.2) is 4.79 Å². The number of likely N-dealkylation sites (N-methyl/N-ethyl adjacent to an activating group) is 1. The van der Waals surface area contributed by atoms with Gasteiger partial charge in [0.25, 0.3) is 11.8 Å². The molecule has 0 saturated heterocycles. The van der Waals surface area contributed by atoms with Crippen LogP contribution >= 0.6 is 0 Å². The van der Waals surface area contributed by atoms with Gasteiger partial charge in [0, 0.05) is 18.2 Å². The number of esters is 1. The van der Waals surface area contributed by atoms with Gasteiger partial charge >= 0.3 is 5.97 Å². The highest BCUT2D eigenvalue weighted by atomic mass is 16.5. The fourth-order valence-electron chi connectivity index (χ4n) is 2.95. The Morgan fingerprint density at radius 3 is 2.33 bits per heavy atom. The second kappa shape index (κ2) is 11.6. The van der Waals surface area contributed by atoms with Crippen LogP contribution in [-0.2, 0) is 25.5 Å². The summed E-state index contributed by atoms with van der Waals surface area (Å²) in [6.07, 6.45) is 0.328. The number of anilines is 1. The summed E-state index contributed by atoms with van der Waals surface area (Å²) in [5.74, 6) is -0.448. The van der Waals surface area contributed by atoms with E-state index in [1.54, 1.807) is 38.4 Å². The Kier molecular flexibility index (Phi) is 8.83. The Morgan fingerprint density at radius 2 is 1.67 bits per heavy atom. The van der Waals surface area contributed by atoms with Gasteiger partial charge in [-0.05, 0) is 17.7 Å². The minimum Gasteiger partial charge on any atom is -0.497 e. The van der Waals surface area contributed by atoms with Crippen molar-refractivity contribution in [2.24, 2.45) is 0 Å². The van der Waals surface area contributed by atoms with E-state index in [0.717, 1.165) is 5.56 Å². The van der Waals surface area contributed by atoms with Crippen LogP contribution in [0.5, 0.6) is 5.75 Å². The van der Waals surface area contributed by atoms with Gasteiger partial charge in [-0.15, -0.1) is 0 Å². The molecule has 30 heavy (non-hydrogen) atoms. The van der Waals surface area contributed by atoms with Crippen molar-refractivity contribution in [1.82, 2.24) is 5.32 Å². The first-order valence-electron chi connectivity index (χ1n) is 9.57. The van der Waals surface area contributed by atoms with E-state index in [-0.39, 0.29) is 24.9 Å². The fraction of sp³-hybridized carbons (Fsp3) is 0.318. The maximum absolute atomic E-state index is 12.4. The van der Waals surface area contributed by atoms with Crippen LogP contribution in [0.15, 0.2) is 54.6 Å². The maximum atomic E-state index is 12.4. The molecule has 2 aromatic carbocycles. The minimum atomic E-state index is -0.789. The van der Waals surface area contributed by atoms with E-state index in [2.05, 4.69) is 10.6 Å². The molecule has 2 rings (SSSR count). The zero-order chi connectivity index (χ0) is 21.9. The topological polar surface area (TPSA) is 98.2 Å². The molecule has 0 aliphatic heterocycles. The lowest BCUT2D eigenvalue weighted by atomic mass is 10.1. The van der Waals surface area contributed by atoms with Crippen molar-refractivity contribution in [1.29, 1.82) is 0 Å². The number of carbonyl (C=O) groups is 3. The molecule has 0 spiro atoms. The predicted octanol–water partition coefficient (Wildman–Crippen LogP) is 0.0489. The highest BCUT2D eigenvalue weighted by Gasteiger charge is 2.24. The van der Waals surface area contributed by atoms with E-state index in [4.69, 9.17) is 9.47 Å². The molecule has 0 aliphatic rings. The number of quaternary nitrogens is 1. The molecule has 0 saturated carbocycles. The van der Waals surface area contributed by atoms with Gasteiger partial charge in [0.2, 0.25) is 0 Å². The molecule has 160 valence electrons. The Bertz CT molecular complexity index is 857. The quantitative estimate of drug-likeness (QED) is 0.477. The second-order valence-corrected chi connectivity index (χ2v) is 6.92. The molecule has 2 atom stereocenters. The number of methoxy groups -OCH3 is 2. The third-order valence-corrected chi connectivity index (χ3v) is 4.38. The number of nitrogens with one attached hydrogen (secondary N) is 3. The van der Waals surface area contributed by atoms with Crippen LogP contribution in [0.3, 0.4) is 0 Å². The van der Waals surface area contributed by atoms with Gasteiger partial charge < -0.3 is 25.0 Å². The predicted molar refractivity (Wildman–Crippen MR) is 112 cm³/mol. The number of hydrogen-bond acceptors (Lipinski definition) is 5. The molecule has 0 fully saturated rings. The molecule has 3 N–H and O–H groups in total. The van der Waals surface area contributed by atoms with Gasteiger partial charge in [-0.3, -0.25) is 9.59 Å². The first-order chi connectivity index (χ1) is 14.4. The summed E-state index contributed by atoms with van der Waals surface area (Å²) in [6, 6.07) is 15.6. The summed E-state index contributed by atoms with van der Waals surface area (Å²) in [4.78, 5) is 37.4. The smallest absolute Gasteiger partial charge is 0.328 e. The normalized spacial score (nSPS) is 12.4. The molecule has 2 aromatic rings. The summed E-state index contributed by atoms with van der Waals surface area (Å²) in [5, 5.41) is 5.48. The van der Waals surface area contributed by atoms with Crippen LogP contribution in [0.2, 0.25) is 0 Å². The monoisotopic (exact) mass is 414 g/mol. The Labute approximate surface area is 176 Å². The van der Waals surface area contributed by atoms with E-state index in [1.807, 2.05) is 30.3 Å². The number of hydrogen-bond donors (Lipinski definition) is 3. The minimum absolute atomic E-state index is 0.0355. The molecule has 0 aromatic heterocycles. The van der Waals surface area contributed by atoms with Crippen molar-refractivity contribution in [3.8, 4) is 5.75 Å². The third kappa shape index (κ3) is 7.56. The molecular formula is C22H28N3O5+. The van der Waals surface area contributed by atoms with Crippen LogP contribution in [0, 0.1) is 0 Å². The number of carbonyl (C=O) groups excluding carboxylic acids is 3. The average Bonchev–Trinajstić information content (AvgIpc) is 2.73. The van der Waals surface area contributed by atoms with Crippen molar-refractivity contribution in [3.63, 3.8) is 0 Å². The molecular weight excluding hydrogens is 386 g/mol. The molecule has 0 heterocycles. The molecule has 8 nitrogen and oxygen atoms in total. The summed E-state index contributed by atoms with van der Waals surface area (Å²) < 4.78 is 9.94. The van der Waals surface area contributed by atoms with Crippen LogP contribution in [-0.4, -0.2) is 58.2 Å². The SMILES string of the molecule is COC(=O)[C@@H](Cc1ccccc1)NC(=O)C[NH+](C)CC(=O)Nc1cccc(OC)c1. The summed E-state index contributed by atoms with van der Waals surface area (Å²) in [6.45, 7) is 0.125. The van der Waals surface area contributed by atoms with E-state index in [1.165, 1.54) is 7.11 Å². The molecule has 8 heteroatoms. The lowest BCUT2D eigenvalue weighted by Gasteiger charge is -2.18. The number of amides is 2. The zero-order valence-corrected chi connectivity index (χ0v) is 17.4. The van der Waals surface area contributed by atoms with Gasteiger partial charge in [-0.2, -0.15) is 0 Å². The van der Waals surface area contributed by atoms with Crippen molar-refractivity contribution in [2.75, 3.05) is 39.7 Å². The van der Waals surface area contributed by atoms with Gasteiger partial charge in [0.15, 0.2) is 13.1 Å². The third-order valence-electron chi connectivity index (χ3n) is 4.38. The van der Waals surface area contributed by atoms with E-state index in [0.29, 0.717) is 22.8 Å². The lowest BCUT2D eigenvalue weighted by molar-refractivity contribution is -0.862. The number of ether oxygens (including phenoxy) is 2. The summed E-state index contributed by atoms with van der Waals surface area (Å²) in [7, 11) is 4.57. The Hall–Kier alpha value is -3.39. The Morgan fingerprint density at radius 1 is 0.967 bits per heavy atom. The van der Waals surface area contributed by atoms with E-state index in [9.17, 15) is 14.4 Å². The molecule has 0 radical (unpaired) electrons. The van der Waals surface area contributed by atoms with Gasteiger partial charge in [0.05, 0.1) is 21.3 Å². The second-order valence-electron chi connectivity index (χ2n) is 6.92. The maximum Gasteiger partial charge on any atom is 0.328 e. The van der Waals surface area contributed by atoms with E-state index >= 15 is 0 Å². The van der Waals surface area contributed by atoms with E-state index < -0.39 is 12.0 Å². The molecule has 2 amide bonds. The van der Waals surface area contributed by atoms with Crippen LogP contribution in [0.4, 0.5) is 5.69 Å². The highest BCUT2D eigenvalue weighted by Crippen LogP contribution is 2.16. The number of rotatable bonds is 10. The van der Waals surface area contributed by atoms with Crippen molar-refractivity contribution < 1.29 is 28.8 Å². The van der Waals surface area contributed by atoms with Crippen LogP contribution < -0.4 is 20.3 Å². The summed E-state index contributed by atoms with van der Waals surface area (Å²) in [5.41, 5.74) is 1.52. The zero-order valence-electron chi connectivity index (χ0n) is 17.4. The van der Waals surface area contributed by atoms with Gasteiger partial charge in [-0.1, -0.05) is 36.4 Å². The first kappa shape index (κ1) is 22.9. The van der Waals surface area contributed by atoms with Crippen molar-refractivity contribution >= 4 is 23.5 Å². The first-order valence-corrected chi connectivity index (χ1v) is 9.57. The molecule has 0 bridgehead atoms. The largest absolute Gasteiger partial charge is 0.497 e. The Balaban J connectivity index is 1.86. The lowest BCUT2D eigenvalue weighted by Crippen LogP contribution is -3.11. The molecule has 0 aliphatic carbocycles. The highest BCUT2D eigenvalue weighted by molar-refractivity contribution is 5.92.